The molecule has 0 fully saturated rings. The molecule has 0 saturated heterocycles. The summed E-state index contributed by atoms with van der Waals surface area (Å²) in [5.41, 5.74) is 0.828. The van der Waals surface area contributed by atoms with Crippen molar-refractivity contribution in [2.45, 2.75) is 6.54 Å². The van der Waals surface area contributed by atoms with Gasteiger partial charge >= 0.3 is 5.97 Å². The Balaban J connectivity index is 2.45. The van der Waals surface area contributed by atoms with Crippen molar-refractivity contribution in [3.8, 4) is 11.4 Å². The van der Waals surface area contributed by atoms with E-state index in [0.29, 0.717) is 5.82 Å². The Morgan fingerprint density at radius 2 is 2.19 bits per heavy atom. The number of hydrogen-bond donors (Lipinski definition) is 1. The van der Waals surface area contributed by atoms with Crippen molar-refractivity contribution in [3.05, 3.63) is 27.8 Å². The van der Waals surface area contributed by atoms with E-state index in [1.807, 2.05) is 24.3 Å². The van der Waals surface area contributed by atoms with Crippen LogP contribution in [0.4, 0.5) is 0 Å². The molecule has 1 aromatic heterocycles. The molecule has 1 N–H and O–H groups in total. The zero-order valence-electron chi connectivity index (χ0n) is 8.04. The predicted molar refractivity (Wildman–Crippen MR) is 63.6 cm³/mol. The molecule has 82 valence electrons. The van der Waals surface area contributed by atoms with Gasteiger partial charge < -0.3 is 5.11 Å². The van der Waals surface area contributed by atoms with Gasteiger partial charge in [0, 0.05) is 9.13 Å². The number of halogens is 1. The smallest absolute Gasteiger partial charge is 0.325 e. The second-order valence-electron chi connectivity index (χ2n) is 3.03. The number of tetrazole rings is 1. The minimum atomic E-state index is -0.973. The summed E-state index contributed by atoms with van der Waals surface area (Å²) in [5, 5.41) is 19.7. The molecule has 1 aromatic carbocycles. The predicted octanol–water partition coefficient (Wildman–Crippen LogP) is 1.03. The standard InChI is InChI=1S/C9H7IN4O2/c10-7-4-2-1-3-6(7)9-11-12-13-14(9)5-8(15)16/h1-4H,5H2,(H,15,16). The molecule has 0 radical (unpaired) electrons. The Hall–Kier alpha value is -1.51. The van der Waals surface area contributed by atoms with E-state index in [4.69, 9.17) is 5.11 Å². The Kier molecular flexibility index (Phi) is 3.13. The molecular formula is C9H7IN4O2. The average molecular weight is 330 g/mol. The third kappa shape index (κ3) is 2.18. The van der Waals surface area contributed by atoms with Crippen LogP contribution in [0.25, 0.3) is 11.4 Å². The maximum Gasteiger partial charge on any atom is 0.325 e. The summed E-state index contributed by atoms with van der Waals surface area (Å²) in [4.78, 5) is 10.6. The first-order valence-electron chi connectivity index (χ1n) is 4.41. The van der Waals surface area contributed by atoms with E-state index in [0.717, 1.165) is 9.13 Å². The van der Waals surface area contributed by atoms with E-state index >= 15 is 0 Å². The average Bonchev–Trinajstić information content (AvgIpc) is 2.66. The van der Waals surface area contributed by atoms with Gasteiger partial charge in [0.25, 0.3) is 0 Å². The number of carboxylic acids is 1. The van der Waals surface area contributed by atoms with Crippen molar-refractivity contribution in [2.75, 3.05) is 0 Å². The van der Waals surface area contributed by atoms with Gasteiger partial charge in [0.1, 0.15) is 6.54 Å². The molecule has 0 spiro atoms. The number of nitrogens with zero attached hydrogens (tertiary/aromatic N) is 4. The van der Waals surface area contributed by atoms with Gasteiger partial charge in [-0.05, 0) is 39.1 Å². The van der Waals surface area contributed by atoms with Crippen LogP contribution in [0.15, 0.2) is 24.3 Å². The fraction of sp³-hybridized carbons (Fsp3) is 0.111. The molecule has 0 atom stereocenters. The van der Waals surface area contributed by atoms with Crippen LogP contribution >= 0.6 is 22.6 Å². The van der Waals surface area contributed by atoms with Crippen molar-refractivity contribution in [1.82, 2.24) is 20.2 Å². The lowest BCUT2D eigenvalue weighted by Crippen LogP contribution is -2.11. The molecule has 0 amide bonds. The topological polar surface area (TPSA) is 80.9 Å². The minimum absolute atomic E-state index is 0.243. The van der Waals surface area contributed by atoms with Crippen LogP contribution in [0.5, 0.6) is 0 Å². The van der Waals surface area contributed by atoms with Crippen molar-refractivity contribution >= 4 is 28.6 Å². The van der Waals surface area contributed by atoms with Gasteiger partial charge in [-0.3, -0.25) is 4.79 Å². The maximum atomic E-state index is 10.6. The first-order chi connectivity index (χ1) is 7.68. The molecule has 7 heteroatoms. The summed E-state index contributed by atoms with van der Waals surface area (Å²) in [6, 6.07) is 7.52. The van der Waals surface area contributed by atoms with Crippen LogP contribution in [0, 0.1) is 3.57 Å². The molecule has 2 aromatic rings. The SMILES string of the molecule is O=C(O)Cn1nnnc1-c1ccccc1I. The first-order valence-corrected chi connectivity index (χ1v) is 5.49. The Morgan fingerprint density at radius 3 is 2.88 bits per heavy atom. The zero-order chi connectivity index (χ0) is 11.5. The highest BCUT2D eigenvalue weighted by atomic mass is 127. The van der Waals surface area contributed by atoms with Crippen molar-refractivity contribution in [2.24, 2.45) is 0 Å². The lowest BCUT2D eigenvalue weighted by atomic mass is 10.2. The molecule has 16 heavy (non-hydrogen) atoms. The Morgan fingerprint density at radius 1 is 1.44 bits per heavy atom. The van der Waals surface area contributed by atoms with Gasteiger partial charge in [-0.25, -0.2) is 4.68 Å². The van der Waals surface area contributed by atoms with Crippen LogP contribution in [-0.4, -0.2) is 31.3 Å². The van der Waals surface area contributed by atoms with Crippen molar-refractivity contribution in [1.29, 1.82) is 0 Å². The molecule has 0 aliphatic rings. The van der Waals surface area contributed by atoms with E-state index in [9.17, 15) is 4.79 Å². The fourth-order valence-electron chi connectivity index (χ4n) is 1.27. The molecule has 2 rings (SSSR count). The minimum Gasteiger partial charge on any atom is -0.480 e. The quantitative estimate of drug-likeness (QED) is 0.850. The maximum absolute atomic E-state index is 10.6. The van der Waals surface area contributed by atoms with Crippen molar-refractivity contribution < 1.29 is 9.90 Å². The number of carbonyl (C=O) groups is 1. The lowest BCUT2D eigenvalue weighted by molar-refractivity contribution is -0.137. The number of rotatable bonds is 3. The Bertz CT molecular complexity index is 526. The molecule has 0 aliphatic carbocycles. The summed E-state index contributed by atoms with van der Waals surface area (Å²) < 4.78 is 2.24. The second-order valence-corrected chi connectivity index (χ2v) is 4.20. The molecule has 1 heterocycles. The number of aromatic nitrogens is 4. The van der Waals surface area contributed by atoms with Gasteiger partial charge in [-0.15, -0.1) is 5.10 Å². The largest absolute Gasteiger partial charge is 0.480 e. The van der Waals surface area contributed by atoms with E-state index < -0.39 is 5.97 Å². The van der Waals surface area contributed by atoms with Crippen LogP contribution in [0.1, 0.15) is 0 Å². The summed E-state index contributed by atoms with van der Waals surface area (Å²) in [6.45, 7) is -0.243. The third-order valence-electron chi connectivity index (χ3n) is 1.93. The third-order valence-corrected chi connectivity index (χ3v) is 2.87. The van der Waals surface area contributed by atoms with Gasteiger partial charge in [0.05, 0.1) is 0 Å². The number of carboxylic acid groups (broad SMARTS) is 1. The van der Waals surface area contributed by atoms with E-state index in [1.54, 1.807) is 0 Å². The van der Waals surface area contributed by atoms with E-state index in [2.05, 4.69) is 38.1 Å². The highest BCUT2D eigenvalue weighted by Crippen LogP contribution is 2.21. The van der Waals surface area contributed by atoms with Crippen LogP contribution in [-0.2, 0) is 11.3 Å². The summed E-state index contributed by atoms with van der Waals surface area (Å²) in [5.74, 6) is -0.508. The molecule has 0 saturated carbocycles. The van der Waals surface area contributed by atoms with Crippen LogP contribution in [0.2, 0.25) is 0 Å². The lowest BCUT2D eigenvalue weighted by Gasteiger charge is -2.03. The van der Waals surface area contributed by atoms with Crippen LogP contribution < -0.4 is 0 Å². The molecule has 6 nitrogen and oxygen atoms in total. The number of hydrogen-bond acceptors (Lipinski definition) is 4. The summed E-state index contributed by atoms with van der Waals surface area (Å²) in [6.07, 6.45) is 0. The van der Waals surface area contributed by atoms with E-state index in [1.165, 1.54) is 4.68 Å². The van der Waals surface area contributed by atoms with Crippen LogP contribution in [0.3, 0.4) is 0 Å². The van der Waals surface area contributed by atoms with Gasteiger partial charge in [0.15, 0.2) is 5.82 Å². The molecule has 0 bridgehead atoms. The van der Waals surface area contributed by atoms with Gasteiger partial charge in [-0.2, -0.15) is 0 Å². The monoisotopic (exact) mass is 330 g/mol. The normalized spacial score (nSPS) is 10.3. The second kappa shape index (κ2) is 4.56. The number of benzene rings is 1. The molecule has 0 aliphatic heterocycles. The van der Waals surface area contributed by atoms with Gasteiger partial charge in [-0.1, -0.05) is 18.2 Å². The first kappa shape index (κ1) is 11.0. The fourth-order valence-corrected chi connectivity index (χ4v) is 1.90. The molecule has 0 unspecified atom stereocenters. The molecular weight excluding hydrogens is 323 g/mol. The highest BCUT2D eigenvalue weighted by Gasteiger charge is 2.13. The summed E-state index contributed by atoms with van der Waals surface area (Å²) in [7, 11) is 0. The summed E-state index contributed by atoms with van der Waals surface area (Å²) >= 11 is 2.16. The Labute approximate surface area is 104 Å². The number of aliphatic carboxylic acids is 1. The van der Waals surface area contributed by atoms with E-state index in [-0.39, 0.29) is 6.54 Å². The van der Waals surface area contributed by atoms with Gasteiger partial charge in [0.2, 0.25) is 0 Å². The van der Waals surface area contributed by atoms with Crippen molar-refractivity contribution in [3.63, 3.8) is 0 Å². The highest BCUT2D eigenvalue weighted by molar-refractivity contribution is 14.1. The zero-order valence-corrected chi connectivity index (χ0v) is 10.2.